The average molecular weight is 260 g/mol. The number of halogens is 1. The zero-order valence-corrected chi connectivity index (χ0v) is 11.5. The molecular weight excluding hydrogens is 240 g/mol. The maximum atomic E-state index is 3.38. The smallest absolute Gasteiger partial charge is 0.204 e. The third-order valence-electron chi connectivity index (χ3n) is 2.49. The first kappa shape index (κ1) is 13.7. The predicted octanol–water partition coefficient (Wildman–Crippen LogP) is -0.642. The maximum absolute atomic E-state index is 3.38. The highest BCUT2D eigenvalue weighted by atomic mass is 79.9. The van der Waals surface area contributed by atoms with Crippen molar-refractivity contribution in [2.24, 2.45) is 0 Å². The van der Waals surface area contributed by atoms with E-state index in [0.717, 1.165) is 0 Å². The Balaban J connectivity index is 0.00000169. The number of rotatable bonds is 2. The average Bonchev–Trinajstić information content (AvgIpc) is 2.29. The van der Waals surface area contributed by atoms with E-state index in [1.54, 1.807) is 0 Å². The first-order valence-corrected chi connectivity index (χ1v) is 4.97. The van der Waals surface area contributed by atoms with Crippen LogP contribution in [0.4, 0.5) is 0 Å². The minimum atomic E-state index is 0. The third-order valence-corrected chi connectivity index (χ3v) is 2.49. The molecule has 0 saturated carbocycles. The van der Waals surface area contributed by atoms with Crippen molar-refractivity contribution in [3.8, 4) is 0 Å². The molecule has 14 heavy (non-hydrogen) atoms. The molecule has 0 fully saturated rings. The molecule has 2 nitrogen and oxygen atoms in total. The third kappa shape index (κ3) is 2.38. The van der Waals surface area contributed by atoms with Gasteiger partial charge in [-0.25, -0.2) is 0 Å². The Hall–Kier alpha value is -0.310. The summed E-state index contributed by atoms with van der Waals surface area (Å²) in [6.45, 7) is 13.1. The topological polar surface area (TPSA) is 8.81 Å². The minimum absolute atomic E-state index is 0. The molecule has 1 heterocycles. The number of imidazole rings is 1. The summed E-state index contributed by atoms with van der Waals surface area (Å²) in [7, 11) is 0. The predicted molar refractivity (Wildman–Crippen MR) is 53.7 cm³/mol. The van der Waals surface area contributed by atoms with E-state index in [1.807, 2.05) is 0 Å². The molecule has 0 aromatic carbocycles. The number of aromatic nitrogens is 2. The molecule has 0 saturated heterocycles. The summed E-state index contributed by atoms with van der Waals surface area (Å²) in [4.78, 5) is 0. The molecule has 0 unspecified atom stereocenters. The fourth-order valence-corrected chi connectivity index (χ4v) is 1.62. The van der Waals surface area contributed by atoms with Gasteiger partial charge in [0.05, 0.1) is 12.1 Å². The van der Waals surface area contributed by atoms with Gasteiger partial charge in [-0.15, -0.1) is 0 Å². The first-order chi connectivity index (χ1) is 5.95. The second-order valence-electron chi connectivity index (χ2n) is 4.20. The number of hydrogen-bond donors (Lipinski definition) is 0. The molecule has 0 spiro atoms. The van der Waals surface area contributed by atoms with E-state index in [9.17, 15) is 0 Å². The van der Waals surface area contributed by atoms with Crippen LogP contribution in [-0.4, -0.2) is 4.57 Å². The van der Waals surface area contributed by atoms with Crippen LogP contribution in [0.2, 0.25) is 0 Å². The fraction of sp³-hybridized carbons (Fsp3) is 0.727. The lowest BCUT2D eigenvalue weighted by molar-refractivity contribution is -0.725. The normalized spacial score (nSPS) is 10.9. The molecule has 82 valence electrons. The largest absolute Gasteiger partial charge is 1.00 e. The second-order valence-corrected chi connectivity index (χ2v) is 4.20. The number of nitrogens with zero attached hydrogens (tertiary/aromatic N) is 2. The summed E-state index contributed by atoms with van der Waals surface area (Å²) in [6, 6.07) is 0.998. The Kier molecular flexibility index (Phi) is 4.85. The quantitative estimate of drug-likeness (QED) is 0.494. The Labute approximate surface area is 97.7 Å². The van der Waals surface area contributed by atoms with Gasteiger partial charge in [0.2, 0.25) is 6.33 Å². The Bertz CT molecular complexity index is 272. The molecule has 1 aromatic heterocycles. The summed E-state index contributed by atoms with van der Waals surface area (Å²) >= 11 is 0. The van der Waals surface area contributed by atoms with E-state index >= 15 is 0 Å². The molecule has 0 atom stereocenters. The molecule has 1 rings (SSSR count). The summed E-state index contributed by atoms with van der Waals surface area (Å²) in [5.41, 5.74) is 2.65. The van der Waals surface area contributed by atoms with Crippen molar-refractivity contribution in [1.82, 2.24) is 4.57 Å². The summed E-state index contributed by atoms with van der Waals surface area (Å²) in [5, 5.41) is 0. The molecule has 0 amide bonds. The highest BCUT2D eigenvalue weighted by Gasteiger charge is 2.10. The van der Waals surface area contributed by atoms with Gasteiger partial charge in [0.25, 0.3) is 0 Å². The maximum Gasteiger partial charge on any atom is 0.204 e. The van der Waals surface area contributed by atoms with Crippen LogP contribution >= 0.6 is 0 Å². The summed E-state index contributed by atoms with van der Waals surface area (Å²) < 4.78 is 4.41. The van der Waals surface area contributed by atoms with Crippen molar-refractivity contribution in [2.45, 2.75) is 53.6 Å². The molecule has 0 radical (unpaired) electrons. The molecular formula is C11H20BrN2-. The molecule has 1 aromatic rings. The van der Waals surface area contributed by atoms with E-state index in [1.165, 1.54) is 11.4 Å². The number of hydrogen-bond acceptors (Lipinski definition) is 0. The van der Waals surface area contributed by atoms with Crippen LogP contribution in [0, 0.1) is 20.2 Å². The van der Waals surface area contributed by atoms with Gasteiger partial charge in [0.15, 0.2) is 0 Å². The summed E-state index contributed by atoms with van der Waals surface area (Å²) in [5.74, 6) is 0. The van der Waals surface area contributed by atoms with Crippen LogP contribution in [0.5, 0.6) is 0 Å². The van der Waals surface area contributed by atoms with Crippen LogP contribution in [0.15, 0.2) is 0 Å². The van der Waals surface area contributed by atoms with Gasteiger partial charge in [0, 0.05) is 0 Å². The van der Waals surface area contributed by atoms with Crippen LogP contribution in [-0.2, 0) is 0 Å². The van der Waals surface area contributed by atoms with Gasteiger partial charge in [-0.1, -0.05) is 13.8 Å². The minimum Gasteiger partial charge on any atom is -1.00 e. The zero-order chi connectivity index (χ0) is 10.2. The van der Waals surface area contributed by atoms with E-state index in [4.69, 9.17) is 0 Å². The van der Waals surface area contributed by atoms with Gasteiger partial charge >= 0.3 is 0 Å². The van der Waals surface area contributed by atoms with Gasteiger partial charge in [0.1, 0.15) is 0 Å². The molecule has 0 aliphatic rings. The molecule has 3 heteroatoms. The lowest BCUT2D eigenvalue weighted by Gasteiger charge is -2.08. The van der Waals surface area contributed by atoms with Crippen molar-refractivity contribution in [3.05, 3.63) is 17.7 Å². The van der Waals surface area contributed by atoms with Crippen molar-refractivity contribution >= 4 is 0 Å². The first-order valence-electron chi connectivity index (χ1n) is 4.97. The van der Waals surface area contributed by atoms with E-state index in [2.05, 4.69) is 57.0 Å². The van der Waals surface area contributed by atoms with Gasteiger partial charge in [-0.05, 0) is 39.1 Å². The van der Waals surface area contributed by atoms with E-state index in [-0.39, 0.29) is 17.0 Å². The lowest BCUT2D eigenvalue weighted by atomic mass is 10.3. The van der Waals surface area contributed by atoms with E-state index in [0.29, 0.717) is 12.1 Å². The molecule has 0 bridgehead atoms. The Morgan fingerprint density at radius 2 is 1.64 bits per heavy atom. The lowest BCUT2D eigenvalue weighted by Crippen LogP contribution is -3.00. The van der Waals surface area contributed by atoms with Gasteiger partial charge in [-0.2, -0.15) is 0 Å². The molecule has 0 aliphatic carbocycles. The van der Waals surface area contributed by atoms with E-state index < -0.39 is 0 Å². The molecule has 0 aliphatic heterocycles. The van der Waals surface area contributed by atoms with Crippen LogP contribution in [0.1, 0.15) is 51.2 Å². The monoisotopic (exact) mass is 259 g/mol. The zero-order valence-electron chi connectivity index (χ0n) is 9.93. The highest BCUT2D eigenvalue weighted by Crippen LogP contribution is 2.11. The highest BCUT2D eigenvalue weighted by molar-refractivity contribution is 5.03. The standard InChI is InChI=1S/C11H20N2.BrH/c1-8(2)12-7-13(9(3)4)11(6)10(12)5;/h8-9H,1-6H3;1H/p-1. The SMILES string of the molecule is Cc1c(C)[n+](C(C)C)[c-]n1C(C)C.[Br-]. The fourth-order valence-electron chi connectivity index (χ4n) is 1.62. The Morgan fingerprint density at radius 1 is 1.14 bits per heavy atom. The summed E-state index contributed by atoms with van der Waals surface area (Å²) in [6.07, 6.45) is 3.38. The molecule has 0 N–H and O–H groups in total. The van der Waals surface area contributed by atoms with Crippen LogP contribution in [0.25, 0.3) is 0 Å². The van der Waals surface area contributed by atoms with Crippen LogP contribution in [0.3, 0.4) is 0 Å². The van der Waals surface area contributed by atoms with Gasteiger partial charge < -0.3 is 26.1 Å². The van der Waals surface area contributed by atoms with Gasteiger partial charge in [-0.3, -0.25) is 0 Å². The Morgan fingerprint density at radius 3 is 1.86 bits per heavy atom. The van der Waals surface area contributed by atoms with Crippen molar-refractivity contribution in [3.63, 3.8) is 0 Å². The van der Waals surface area contributed by atoms with Crippen molar-refractivity contribution in [2.75, 3.05) is 0 Å². The van der Waals surface area contributed by atoms with Crippen molar-refractivity contribution in [1.29, 1.82) is 0 Å². The van der Waals surface area contributed by atoms with Crippen LogP contribution < -0.4 is 21.5 Å². The second kappa shape index (κ2) is 4.96. The van der Waals surface area contributed by atoms with Crippen molar-refractivity contribution < 1.29 is 21.5 Å².